The second kappa shape index (κ2) is 4.64. The van der Waals surface area contributed by atoms with Crippen LogP contribution in [0, 0.1) is 20.8 Å². The fourth-order valence-corrected chi connectivity index (χ4v) is 2.12. The first-order valence-corrected chi connectivity index (χ1v) is 5.83. The van der Waals surface area contributed by atoms with Gasteiger partial charge in [0, 0.05) is 11.3 Å². The molecule has 0 aliphatic rings. The Balaban J connectivity index is 2.54. The lowest BCUT2D eigenvalue weighted by Crippen LogP contribution is -2.04. The summed E-state index contributed by atoms with van der Waals surface area (Å²) in [6.07, 6.45) is 0.0174. The lowest BCUT2D eigenvalue weighted by molar-refractivity contribution is -0.136. The van der Waals surface area contributed by atoms with E-state index in [1.54, 1.807) is 0 Å². The van der Waals surface area contributed by atoms with Gasteiger partial charge in [0.2, 0.25) is 0 Å². The Kier molecular flexibility index (Phi) is 3.19. The van der Waals surface area contributed by atoms with Gasteiger partial charge < -0.3 is 5.11 Å². The number of aryl methyl sites for hydroxylation is 2. The van der Waals surface area contributed by atoms with Crippen LogP contribution in [0.1, 0.15) is 22.5 Å². The highest BCUT2D eigenvalue weighted by Gasteiger charge is 2.15. The van der Waals surface area contributed by atoms with Gasteiger partial charge in [0.15, 0.2) is 0 Å². The average Bonchev–Trinajstić information content (AvgIpc) is 2.57. The van der Waals surface area contributed by atoms with E-state index in [9.17, 15) is 4.79 Å². The van der Waals surface area contributed by atoms with E-state index in [-0.39, 0.29) is 6.42 Å². The number of carboxylic acid groups (broad SMARTS) is 1. The van der Waals surface area contributed by atoms with Crippen molar-refractivity contribution in [3.63, 3.8) is 0 Å². The number of nitrogens with zero attached hydrogens (tertiary/aromatic N) is 2. The van der Waals surface area contributed by atoms with Crippen LogP contribution in [0.4, 0.5) is 0 Å². The molecule has 4 heteroatoms. The molecule has 94 valence electrons. The fraction of sp³-hybridized carbons (Fsp3) is 0.286. The van der Waals surface area contributed by atoms with Gasteiger partial charge in [0.25, 0.3) is 0 Å². The fourth-order valence-electron chi connectivity index (χ4n) is 2.12. The van der Waals surface area contributed by atoms with Crippen LogP contribution in [0.2, 0.25) is 0 Å². The summed E-state index contributed by atoms with van der Waals surface area (Å²) in [5.74, 6) is -0.828. The maximum atomic E-state index is 10.8. The maximum absolute atomic E-state index is 10.8. The van der Waals surface area contributed by atoms with Gasteiger partial charge in [-0.25, -0.2) is 4.68 Å². The highest BCUT2D eigenvalue weighted by Crippen LogP contribution is 2.20. The van der Waals surface area contributed by atoms with E-state index < -0.39 is 5.97 Å². The molecule has 0 saturated heterocycles. The monoisotopic (exact) mass is 244 g/mol. The Bertz CT molecular complexity index is 600. The molecule has 1 aromatic carbocycles. The molecule has 0 saturated carbocycles. The molecule has 0 spiro atoms. The van der Waals surface area contributed by atoms with E-state index in [1.165, 1.54) is 0 Å². The molecule has 0 amide bonds. The molecular weight excluding hydrogens is 228 g/mol. The van der Waals surface area contributed by atoms with Crippen LogP contribution in [0.15, 0.2) is 24.3 Å². The Morgan fingerprint density at radius 3 is 2.56 bits per heavy atom. The van der Waals surface area contributed by atoms with Gasteiger partial charge in [-0.1, -0.05) is 18.2 Å². The molecule has 0 atom stereocenters. The van der Waals surface area contributed by atoms with Crippen LogP contribution in [-0.4, -0.2) is 20.9 Å². The normalized spacial score (nSPS) is 10.6. The molecule has 0 bridgehead atoms. The predicted molar refractivity (Wildman–Crippen MR) is 69.1 cm³/mol. The number of para-hydroxylation sites is 1. The number of benzene rings is 1. The topological polar surface area (TPSA) is 55.1 Å². The maximum Gasteiger partial charge on any atom is 0.307 e. The van der Waals surface area contributed by atoms with Gasteiger partial charge in [-0.15, -0.1) is 0 Å². The lowest BCUT2D eigenvalue weighted by Gasteiger charge is -2.08. The van der Waals surface area contributed by atoms with Crippen molar-refractivity contribution < 1.29 is 9.90 Å². The zero-order chi connectivity index (χ0) is 13.3. The Labute approximate surface area is 106 Å². The van der Waals surface area contributed by atoms with Crippen molar-refractivity contribution in [1.29, 1.82) is 0 Å². The second-order valence-corrected chi connectivity index (χ2v) is 4.42. The van der Waals surface area contributed by atoms with Crippen molar-refractivity contribution in [3.8, 4) is 5.69 Å². The second-order valence-electron chi connectivity index (χ2n) is 4.42. The highest BCUT2D eigenvalue weighted by atomic mass is 16.4. The summed E-state index contributed by atoms with van der Waals surface area (Å²) in [5, 5.41) is 13.4. The molecule has 0 radical (unpaired) electrons. The van der Waals surface area contributed by atoms with Crippen LogP contribution in [-0.2, 0) is 11.2 Å². The summed E-state index contributed by atoms with van der Waals surface area (Å²) in [5.41, 5.74) is 4.58. The smallest absolute Gasteiger partial charge is 0.307 e. The van der Waals surface area contributed by atoms with Crippen molar-refractivity contribution in [2.75, 3.05) is 0 Å². The summed E-state index contributed by atoms with van der Waals surface area (Å²) in [4.78, 5) is 10.8. The van der Waals surface area contributed by atoms with Crippen molar-refractivity contribution in [2.45, 2.75) is 27.2 Å². The molecule has 18 heavy (non-hydrogen) atoms. The predicted octanol–water partition coefficient (Wildman–Crippen LogP) is 2.42. The van der Waals surface area contributed by atoms with E-state index >= 15 is 0 Å². The van der Waals surface area contributed by atoms with Crippen molar-refractivity contribution in [3.05, 3.63) is 46.8 Å². The third-order valence-corrected chi connectivity index (χ3v) is 3.11. The van der Waals surface area contributed by atoms with Crippen molar-refractivity contribution in [1.82, 2.24) is 9.78 Å². The minimum absolute atomic E-state index is 0.0174. The summed E-state index contributed by atoms with van der Waals surface area (Å²) in [6.45, 7) is 5.77. The summed E-state index contributed by atoms with van der Waals surface area (Å²) in [6, 6.07) is 7.93. The van der Waals surface area contributed by atoms with Crippen LogP contribution < -0.4 is 0 Å². The van der Waals surface area contributed by atoms with Gasteiger partial charge in [-0.2, -0.15) is 5.10 Å². The van der Waals surface area contributed by atoms with Crippen LogP contribution in [0.25, 0.3) is 5.69 Å². The molecular formula is C14H16N2O2. The van der Waals surface area contributed by atoms with Gasteiger partial charge in [0.05, 0.1) is 17.8 Å². The minimum Gasteiger partial charge on any atom is -0.481 e. The third-order valence-electron chi connectivity index (χ3n) is 3.11. The molecule has 1 heterocycles. The molecule has 0 unspecified atom stereocenters. The van der Waals surface area contributed by atoms with E-state index in [2.05, 4.69) is 5.10 Å². The van der Waals surface area contributed by atoms with Gasteiger partial charge in [-0.3, -0.25) is 4.79 Å². The number of carboxylic acids is 1. The van der Waals surface area contributed by atoms with Crippen molar-refractivity contribution >= 4 is 5.97 Å². The van der Waals surface area contributed by atoms with E-state index in [1.807, 2.05) is 49.7 Å². The molecule has 0 aliphatic heterocycles. The lowest BCUT2D eigenvalue weighted by atomic mass is 10.1. The first-order valence-electron chi connectivity index (χ1n) is 5.83. The molecule has 0 aliphatic carbocycles. The Hall–Kier alpha value is -2.10. The van der Waals surface area contributed by atoms with Gasteiger partial charge in [0.1, 0.15) is 0 Å². The largest absolute Gasteiger partial charge is 0.481 e. The standard InChI is InChI=1S/C14H16N2O2/c1-9-6-4-5-7-13(9)16-11(3)12(8-14(17)18)10(2)15-16/h4-7H,8H2,1-3H3,(H,17,18). The van der Waals surface area contributed by atoms with E-state index in [4.69, 9.17) is 5.11 Å². The van der Waals surface area contributed by atoms with Gasteiger partial charge in [-0.05, 0) is 32.4 Å². The quantitative estimate of drug-likeness (QED) is 0.902. The zero-order valence-corrected chi connectivity index (χ0v) is 10.8. The summed E-state index contributed by atoms with van der Waals surface area (Å²) >= 11 is 0. The molecule has 2 rings (SSSR count). The first-order chi connectivity index (χ1) is 8.50. The van der Waals surface area contributed by atoms with E-state index in [0.717, 1.165) is 28.2 Å². The number of aliphatic carboxylic acids is 1. The number of rotatable bonds is 3. The number of aromatic nitrogens is 2. The molecule has 0 fully saturated rings. The highest BCUT2D eigenvalue weighted by molar-refractivity contribution is 5.71. The molecule has 4 nitrogen and oxygen atoms in total. The summed E-state index contributed by atoms with van der Waals surface area (Å²) < 4.78 is 1.82. The zero-order valence-electron chi connectivity index (χ0n) is 10.8. The Morgan fingerprint density at radius 2 is 1.94 bits per heavy atom. The SMILES string of the molecule is Cc1ccccc1-n1nc(C)c(CC(=O)O)c1C. The summed E-state index contributed by atoms with van der Waals surface area (Å²) in [7, 11) is 0. The molecule has 1 aromatic heterocycles. The number of hydrogen-bond donors (Lipinski definition) is 1. The third kappa shape index (κ3) is 2.14. The molecule has 1 N–H and O–H groups in total. The van der Waals surface area contributed by atoms with E-state index in [0.29, 0.717) is 0 Å². The van der Waals surface area contributed by atoms with Crippen LogP contribution in [0.3, 0.4) is 0 Å². The minimum atomic E-state index is -0.828. The van der Waals surface area contributed by atoms with Crippen LogP contribution in [0.5, 0.6) is 0 Å². The first kappa shape index (κ1) is 12.4. The van der Waals surface area contributed by atoms with Crippen molar-refractivity contribution in [2.24, 2.45) is 0 Å². The average molecular weight is 244 g/mol. The number of hydrogen-bond acceptors (Lipinski definition) is 2. The molecule has 2 aromatic rings. The van der Waals surface area contributed by atoms with Gasteiger partial charge >= 0.3 is 5.97 Å². The number of carbonyl (C=O) groups is 1. The Morgan fingerprint density at radius 1 is 1.28 bits per heavy atom. The van der Waals surface area contributed by atoms with Crippen LogP contribution >= 0.6 is 0 Å².